The maximum atomic E-state index is 12.1. The molecule has 0 saturated carbocycles. The first-order valence-corrected chi connectivity index (χ1v) is 8.80. The molecule has 0 saturated heterocycles. The number of rotatable bonds is 8. The highest BCUT2D eigenvalue weighted by Crippen LogP contribution is 2.14. The van der Waals surface area contributed by atoms with Crippen LogP contribution in [0, 0.1) is 5.92 Å². The Labute approximate surface area is 131 Å². The highest BCUT2D eigenvalue weighted by molar-refractivity contribution is 7.89. The summed E-state index contributed by atoms with van der Waals surface area (Å²) < 4.78 is 26.7. The van der Waals surface area contributed by atoms with Gasteiger partial charge in [-0.3, -0.25) is 4.79 Å². The smallest absolute Gasteiger partial charge is 0.240 e. The van der Waals surface area contributed by atoms with Crippen molar-refractivity contribution < 1.29 is 13.2 Å². The zero-order chi connectivity index (χ0) is 15.9. The Hall–Kier alpha value is -1.11. The van der Waals surface area contributed by atoms with Crippen molar-refractivity contribution in [3.05, 3.63) is 24.3 Å². The first-order valence-electron chi connectivity index (χ1n) is 6.78. The lowest BCUT2D eigenvalue weighted by atomic mass is 10.1. The number of alkyl halides is 1. The number of benzene rings is 1. The number of carbonyl (C=O) groups is 1. The third-order valence-corrected chi connectivity index (χ3v) is 4.92. The van der Waals surface area contributed by atoms with Crippen LogP contribution in [-0.4, -0.2) is 26.7 Å². The van der Waals surface area contributed by atoms with Crippen LogP contribution in [0.2, 0.25) is 0 Å². The normalized spacial score (nSPS) is 12.9. The average Bonchev–Trinajstić information content (AvgIpc) is 2.43. The molecule has 1 atom stereocenters. The van der Waals surface area contributed by atoms with E-state index in [9.17, 15) is 13.2 Å². The van der Waals surface area contributed by atoms with E-state index in [2.05, 4.69) is 10.0 Å². The molecule has 0 spiro atoms. The zero-order valence-corrected chi connectivity index (χ0v) is 13.8. The van der Waals surface area contributed by atoms with Crippen LogP contribution in [0.15, 0.2) is 29.2 Å². The van der Waals surface area contributed by atoms with Gasteiger partial charge in [-0.05, 0) is 43.0 Å². The van der Waals surface area contributed by atoms with Crippen LogP contribution in [0.3, 0.4) is 0 Å². The summed E-state index contributed by atoms with van der Waals surface area (Å²) in [6.07, 6.45) is 1.63. The highest BCUT2D eigenvalue weighted by Gasteiger charge is 2.13. The van der Waals surface area contributed by atoms with Crippen LogP contribution < -0.4 is 10.0 Å². The second-order valence-corrected chi connectivity index (χ2v) is 7.08. The fourth-order valence-electron chi connectivity index (χ4n) is 1.74. The van der Waals surface area contributed by atoms with Gasteiger partial charge in [0, 0.05) is 25.0 Å². The molecule has 118 valence electrons. The predicted molar refractivity (Wildman–Crippen MR) is 85.1 cm³/mol. The van der Waals surface area contributed by atoms with Crippen molar-refractivity contribution in [1.82, 2.24) is 4.72 Å². The van der Waals surface area contributed by atoms with Gasteiger partial charge in [0.2, 0.25) is 15.9 Å². The van der Waals surface area contributed by atoms with Crippen LogP contribution >= 0.6 is 11.6 Å². The van der Waals surface area contributed by atoms with Gasteiger partial charge in [0.25, 0.3) is 0 Å². The van der Waals surface area contributed by atoms with Crippen molar-refractivity contribution in [1.29, 1.82) is 0 Å². The molecule has 0 aliphatic rings. The predicted octanol–water partition coefficient (Wildman–Crippen LogP) is 2.58. The maximum absolute atomic E-state index is 12.1. The molecule has 0 aliphatic carbocycles. The third-order valence-electron chi connectivity index (χ3n) is 2.91. The van der Waals surface area contributed by atoms with Gasteiger partial charge in [0.05, 0.1) is 4.90 Å². The minimum absolute atomic E-state index is 0.182. The lowest BCUT2D eigenvalue weighted by Gasteiger charge is -2.09. The van der Waals surface area contributed by atoms with E-state index in [1.807, 2.05) is 6.92 Å². The summed E-state index contributed by atoms with van der Waals surface area (Å²) in [5.41, 5.74) is 0.567. The minimum Gasteiger partial charge on any atom is -0.326 e. The summed E-state index contributed by atoms with van der Waals surface area (Å²) in [5, 5.41) is 2.59. The number of nitrogens with one attached hydrogen (secondary N) is 2. The number of halogens is 1. The molecule has 0 bridgehead atoms. The SMILES string of the molecule is CC(=O)Nc1ccc(S(=O)(=O)NCCCC(C)CCl)cc1. The molecule has 0 aromatic heterocycles. The minimum atomic E-state index is -3.51. The van der Waals surface area contributed by atoms with Crippen molar-refractivity contribution >= 4 is 33.2 Å². The number of carbonyl (C=O) groups excluding carboxylic acids is 1. The molecule has 1 rings (SSSR count). The first kappa shape index (κ1) is 17.9. The van der Waals surface area contributed by atoms with E-state index in [0.29, 0.717) is 24.0 Å². The zero-order valence-electron chi connectivity index (χ0n) is 12.2. The largest absolute Gasteiger partial charge is 0.326 e. The Morgan fingerprint density at radius 1 is 1.29 bits per heavy atom. The summed E-state index contributed by atoms with van der Waals surface area (Å²) in [7, 11) is -3.51. The number of sulfonamides is 1. The van der Waals surface area contributed by atoms with Gasteiger partial charge >= 0.3 is 0 Å². The van der Waals surface area contributed by atoms with Crippen molar-refractivity contribution in [2.24, 2.45) is 5.92 Å². The average molecular weight is 333 g/mol. The molecule has 7 heteroatoms. The molecule has 1 amide bonds. The van der Waals surface area contributed by atoms with E-state index in [0.717, 1.165) is 12.8 Å². The molecule has 1 unspecified atom stereocenters. The highest BCUT2D eigenvalue weighted by atomic mass is 35.5. The van der Waals surface area contributed by atoms with E-state index in [1.165, 1.54) is 19.1 Å². The Morgan fingerprint density at radius 3 is 2.43 bits per heavy atom. The van der Waals surface area contributed by atoms with E-state index >= 15 is 0 Å². The third kappa shape index (κ3) is 6.46. The molecule has 5 nitrogen and oxygen atoms in total. The molecule has 0 aliphatic heterocycles. The molecule has 0 fully saturated rings. The van der Waals surface area contributed by atoms with Crippen LogP contribution in [-0.2, 0) is 14.8 Å². The molecule has 21 heavy (non-hydrogen) atoms. The number of anilines is 1. The molecule has 1 aromatic rings. The summed E-state index contributed by atoms with van der Waals surface area (Å²) in [6.45, 7) is 3.81. The van der Waals surface area contributed by atoms with E-state index in [-0.39, 0.29) is 10.8 Å². The summed E-state index contributed by atoms with van der Waals surface area (Å²) in [5.74, 6) is 0.766. The Morgan fingerprint density at radius 2 is 1.90 bits per heavy atom. The fourth-order valence-corrected chi connectivity index (χ4v) is 2.97. The van der Waals surface area contributed by atoms with Crippen LogP contribution in [0.1, 0.15) is 26.7 Å². The van der Waals surface area contributed by atoms with Crippen molar-refractivity contribution in [3.8, 4) is 0 Å². The van der Waals surface area contributed by atoms with Crippen molar-refractivity contribution in [2.45, 2.75) is 31.6 Å². The van der Waals surface area contributed by atoms with E-state index < -0.39 is 10.0 Å². The topological polar surface area (TPSA) is 75.3 Å². The quantitative estimate of drug-likeness (QED) is 0.567. The lowest BCUT2D eigenvalue weighted by molar-refractivity contribution is -0.114. The Bertz CT molecular complexity index is 558. The standard InChI is InChI=1S/C14H21ClN2O3S/c1-11(10-15)4-3-9-16-21(19,20)14-7-5-13(6-8-14)17-12(2)18/h5-8,11,16H,3-4,9-10H2,1-2H3,(H,17,18). The van der Waals surface area contributed by atoms with Gasteiger partial charge < -0.3 is 5.32 Å². The van der Waals surface area contributed by atoms with Crippen molar-refractivity contribution in [2.75, 3.05) is 17.7 Å². The second-order valence-electron chi connectivity index (χ2n) is 5.01. The Kier molecular flexibility index (Phi) is 7.14. The van der Waals surface area contributed by atoms with E-state index in [1.54, 1.807) is 12.1 Å². The van der Waals surface area contributed by atoms with Gasteiger partial charge in [-0.15, -0.1) is 11.6 Å². The van der Waals surface area contributed by atoms with Crippen LogP contribution in [0.25, 0.3) is 0 Å². The van der Waals surface area contributed by atoms with Crippen LogP contribution in [0.5, 0.6) is 0 Å². The molecular weight excluding hydrogens is 312 g/mol. The van der Waals surface area contributed by atoms with E-state index in [4.69, 9.17) is 11.6 Å². The maximum Gasteiger partial charge on any atom is 0.240 e. The Balaban J connectivity index is 2.56. The monoisotopic (exact) mass is 332 g/mol. The number of hydrogen-bond donors (Lipinski definition) is 2. The van der Waals surface area contributed by atoms with Gasteiger partial charge in [0.1, 0.15) is 0 Å². The van der Waals surface area contributed by atoms with Gasteiger partial charge in [-0.1, -0.05) is 6.92 Å². The first-order chi connectivity index (χ1) is 9.85. The van der Waals surface area contributed by atoms with Gasteiger partial charge in [-0.25, -0.2) is 13.1 Å². The molecule has 1 aromatic carbocycles. The fraction of sp³-hybridized carbons (Fsp3) is 0.500. The van der Waals surface area contributed by atoms with Crippen molar-refractivity contribution in [3.63, 3.8) is 0 Å². The number of hydrogen-bond acceptors (Lipinski definition) is 3. The summed E-state index contributed by atoms with van der Waals surface area (Å²) >= 11 is 5.70. The molecular formula is C14H21ClN2O3S. The van der Waals surface area contributed by atoms with Gasteiger partial charge in [-0.2, -0.15) is 0 Å². The summed E-state index contributed by atoms with van der Waals surface area (Å²) in [6, 6.07) is 6.06. The second kappa shape index (κ2) is 8.36. The number of amides is 1. The van der Waals surface area contributed by atoms with Crippen LogP contribution in [0.4, 0.5) is 5.69 Å². The molecule has 2 N–H and O–H groups in total. The summed E-state index contributed by atoms with van der Waals surface area (Å²) in [4.78, 5) is 11.1. The van der Waals surface area contributed by atoms with Gasteiger partial charge in [0.15, 0.2) is 0 Å². The lowest BCUT2D eigenvalue weighted by Crippen LogP contribution is -2.25. The molecule has 0 radical (unpaired) electrons. The molecule has 0 heterocycles.